The van der Waals surface area contributed by atoms with Crippen LogP contribution in [-0.2, 0) is 0 Å². The van der Waals surface area contributed by atoms with E-state index in [1.165, 1.54) is 18.9 Å². The Kier molecular flexibility index (Phi) is 4.04. The van der Waals surface area contributed by atoms with Crippen molar-refractivity contribution in [3.63, 3.8) is 0 Å². The minimum absolute atomic E-state index is 0.136. The van der Waals surface area contributed by atoms with Gasteiger partial charge in [0.15, 0.2) is 11.5 Å². The molecule has 2 nitrogen and oxygen atoms in total. The normalized spacial score (nSPS) is 10.4. The Hall–Kier alpha value is -1.32. The van der Waals surface area contributed by atoms with Crippen LogP contribution >= 0.6 is 23.4 Å². The molecule has 1 N–H and O–H groups in total. The summed E-state index contributed by atoms with van der Waals surface area (Å²) < 4.78 is 5.08. The van der Waals surface area contributed by atoms with Crippen molar-refractivity contribution in [2.75, 3.05) is 7.11 Å². The molecule has 0 bridgehead atoms. The van der Waals surface area contributed by atoms with E-state index in [1.807, 2.05) is 31.2 Å². The van der Waals surface area contributed by atoms with Gasteiger partial charge in [-0.25, -0.2) is 0 Å². The molecule has 18 heavy (non-hydrogen) atoms. The van der Waals surface area contributed by atoms with Crippen LogP contribution in [-0.4, -0.2) is 12.2 Å². The van der Waals surface area contributed by atoms with Gasteiger partial charge >= 0.3 is 0 Å². The van der Waals surface area contributed by atoms with E-state index in [1.54, 1.807) is 12.1 Å². The lowest BCUT2D eigenvalue weighted by Gasteiger charge is -2.08. The van der Waals surface area contributed by atoms with E-state index in [0.29, 0.717) is 5.75 Å². The molecule has 0 unspecified atom stereocenters. The SMILES string of the molecule is COc1cc(Sc2ccc(C)cc2Cl)ccc1O. The van der Waals surface area contributed by atoms with Crippen LogP contribution in [0.3, 0.4) is 0 Å². The lowest BCUT2D eigenvalue weighted by Crippen LogP contribution is -1.84. The van der Waals surface area contributed by atoms with Gasteiger partial charge in [0.05, 0.1) is 12.1 Å². The highest BCUT2D eigenvalue weighted by Crippen LogP contribution is 2.37. The Bertz CT molecular complexity index is 570. The maximum Gasteiger partial charge on any atom is 0.161 e. The van der Waals surface area contributed by atoms with E-state index in [2.05, 4.69) is 0 Å². The predicted molar refractivity (Wildman–Crippen MR) is 75.0 cm³/mol. The van der Waals surface area contributed by atoms with E-state index in [4.69, 9.17) is 16.3 Å². The largest absolute Gasteiger partial charge is 0.504 e. The molecule has 0 heterocycles. The lowest BCUT2D eigenvalue weighted by molar-refractivity contribution is 0.372. The summed E-state index contributed by atoms with van der Waals surface area (Å²) in [5.74, 6) is 0.597. The van der Waals surface area contributed by atoms with Gasteiger partial charge in [-0.1, -0.05) is 29.4 Å². The van der Waals surface area contributed by atoms with Gasteiger partial charge in [0.2, 0.25) is 0 Å². The summed E-state index contributed by atoms with van der Waals surface area (Å²) >= 11 is 7.72. The molecule has 4 heteroatoms. The quantitative estimate of drug-likeness (QED) is 0.897. The average Bonchev–Trinajstić information content (AvgIpc) is 2.35. The first-order valence-electron chi connectivity index (χ1n) is 5.41. The Balaban J connectivity index is 2.28. The second kappa shape index (κ2) is 5.55. The third-order valence-electron chi connectivity index (χ3n) is 2.47. The number of hydrogen-bond donors (Lipinski definition) is 1. The smallest absolute Gasteiger partial charge is 0.161 e. The molecule has 0 atom stereocenters. The Morgan fingerprint density at radius 1 is 1.17 bits per heavy atom. The molecule has 0 aliphatic heterocycles. The molecule has 0 aliphatic carbocycles. The predicted octanol–water partition coefficient (Wildman–Crippen LogP) is 4.51. The number of rotatable bonds is 3. The van der Waals surface area contributed by atoms with Crippen molar-refractivity contribution in [2.24, 2.45) is 0 Å². The highest BCUT2D eigenvalue weighted by Gasteiger charge is 2.06. The van der Waals surface area contributed by atoms with Crippen molar-refractivity contribution in [3.8, 4) is 11.5 Å². The molecule has 0 fully saturated rings. The van der Waals surface area contributed by atoms with Crippen LogP contribution < -0.4 is 4.74 Å². The number of halogens is 1. The average molecular weight is 281 g/mol. The summed E-state index contributed by atoms with van der Waals surface area (Å²) in [5, 5.41) is 10.3. The second-order valence-corrected chi connectivity index (χ2v) is 5.39. The zero-order valence-electron chi connectivity index (χ0n) is 10.1. The number of aryl methyl sites for hydroxylation is 1. The van der Waals surface area contributed by atoms with Crippen molar-refractivity contribution < 1.29 is 9.84 Å². The fourth-order valence-electron chi connectivity index (χ4n) is 1.54. The summed E-state index contributed by atoms with van der Waals surface area (Å²) in [4.78, 5) is 1.95. The van der Waals surface area contributed by atoms with E-state index in [-0.39, 0.29) is 5.75 Å². The van der Waals surface area contributed by atoms with Gasteiger partial charge in [0.1, 0.15) is 0 Å². The first kappa shape index (κ1) is 13.1. The van der Waals surface area contributed by atoms with Crippen LogP contribution in [0.15, 0.2) is 46.2 Å². The maximum absolute atomic E-state index is 9.53. The summed E-state index contributed by atoms with van der Waals surface area (Å²) in [7, 11) is 1.53. The lowest BCUT2D eigenvalue weighted by atomic mass is 10.2. The number of methoxy groups -OCH3 is 1. The van der Waals surface area contributed by atoms with Crippen molar-refractivity contribution in [3.05, 3.63) is 47.0 Å². The molecule has 0 saturated heterocycles. The van der Waals surface area contributed by atoms with Gasteiger partial charge in [0, 0.05) is 9.79 Å². The summed E-state index contributed by atoms with van der Waals surface area (Å²) in [6.07, 6.45) is 0. The van der Waals surface area contributed by atoms with Crippen molar-refractivity contribution >= 4 is 23.4 Å². The third-order valence-corrected chi connectivity index (χ3v) is 3.96. The summed E-state index contributed by atoms with van der Waals surface area (Å²) in [6, 6.07) is 11.2. The zero-order valence-corrected chi connectivity index (χ0v) is 11.7. The topological polar surface area (TPSA) is 29.5 Å². The van der Waals surface area contributed by atoms with Gasteiger partial charge in [-0.3, -0.25) is 0 Å². The minimum atomic E-state index is 0.136. The van der Waals surface area contributed by atoms with Crippen LogP contribution in [0.5, 0.6) is 11.5 Å². The fraction of sp³-hybridized carbons (Fsp3) is 0.143. The van der Waals surface area contributed by atoms with E-state index in [0.717, 1.165) is 20.4 Å². The first-order valence-corrected chi connectivity index (χ1v) is 6.60. The van der Waals surface area contributed by atoms with Crippen LogP contribution in [0.1, 0.15) is 5.56 Å². The van der Waals surface area contributed by atoms with E-state index < -0.39 is 0 Å². The molecule has 0 aliphatic rings. The molecule has 2 aromatic rings. The molecular weight excluding hydrogens is 268 g/mol. The first-order chi connectivity index (χ1) is 8.60. The van der Waals surface area contributed by atoms with Crippen molar-refractivity contribution in [1.82, 2.24) is 0 Å². The van der Waals surface area contributed by atoms with E-state index in [9.17, 15) is 5.11 Å². The molecule has 0 spiro atoms. The molecular formula is C14H13ClO2S. The van der Waals surface area contributed by atoms with Gasteiger partial charge in [-0.2, -0.15) is 0 Å². The number of phenols is 1. The maximum atomic E-state index is 9.53. The Morgan fingerprint density at radius 2 is 1.94 bits per heavy atom. The summed E-state index contributed by atoms with van der Waals surface area (Å²) in [6.45, 7) is 2.00. The highest BCUT2D eigenvalue weighted by molar-refractivity contribution is 7.99. The molecule has 0 aromatic heterocycles. The Labute approximate surface area is 116 Å². The molecule has 94 valence electrons. The van der Waals surface area contributed by atoms with Crippen LogP contribution in [0, 0.1) is 6.92 Å². The van der Waals surface area contributed by atoms with Crippen LogP contribution in [0.4, 0.5) is 0 Å². The highest BCUT2D eigenvalue weighted by atomic mass is 35.5. The number of ether oxygens (including phenoxy) is 1. The van der Waals surface area contributed by atoms with Gasteiger partial charge in [0.25, 0.3) is 0 Å². The minimum Gasteiger partial charge on any atom is -0.504 e. The van der Waals surface area contributed by atoms with Gasteiger partial charge in [-0.05, 0) is 42.8 Å². The monoisotopic (exact) mass is 280 g/mol. The number of aromatic hydroxyl groups is 1. The van der Waals surface area contributed by atoms with Crippen LogP contribution in [0.2, 0.25) is 5.02 Å². The number of hydrogen-bond acceptors (Lipinski definition) is 3. The number of benzene rings is 2. The molecule has 2 aromatic carbocycles. The van der Waals surface area contributed by atoms with Crippen molar-refractivity contribution in [2.45, 2.75) is 16.7 Å². The molecule has 0 radical (unpaired) electrons. The van der Waals surface area contributed by atoms with Crippen LogP contribution in [0.25, 0.3) is 0 Å². The Morgan fingerprint density at radius 3 is 2.61 bits per heavy atom. The van der Waals surface area contributed by atoms with Gasteiger partial charge < -0.3 is 9.84 Å². The molecule has 2 rings (SSSR count). The summed E-state index contributed by atoms with van der Waals surface area (Å²) in [5.41, 5.74) is 1.13. The standard InChI is InChI=1S/C14H13ClO2S/c1-9-3-6-14(11(15)7-9)18-10-4-5-12(16)13(8-10)17-2/h3-8,16H,1-2H3. The second-order valence-electron chi connectivity index (χ2n) is 3.87. The molecule has 0 saturated carbocycles. The molecule has 0 amide bonds. The van der Waals surface area contributed by atoms with E-state index >= 15 is 0 Å². The van der Waals surface area contributed by atoms with Gasteiger partial charge in [-0.15, -0.1) is 0 Å². The third kappa shape index (κ3) is 2.92. The zero-order chi connectivity index (χ0) is 13.1. The van der Waals surface area contributed by atoms with Crippen molar-refractivity contribution in [1.29, 1.82) is 0 Å². The fourth-order valence-corrected chi connectivity index (χ4v) is 2.74. The number of phenolic OH excluding ortho intramolecular Hbond substituents is 1.